The fourth-order valence-electron chi connectivity index (χ4n) is 1.85. The van der Waals surface area contributed by atoms with Gasteiger partial charge in [-0.25, -0.2) is 19.8 Å². The Hall–Kier alpha value is -1.50. The lowest BCUT2D eigenvalue weighted by atomic mass is 10.2. The summed E-state index contributed by atoms with van der Waals surface area (Å²) in [6.45, 7) is 1.25. The van der Waals surface area contributed by atoms with Gasteiger partial charge < -0.3 is 0 Å². The van der Waals surface area contributed by atoms with E-state index < -0.39 is 5.82 Å². The molecule has 19 heavy (non-hydrogen) atoms. The first-order valence-electron chi connectivity index (χ1n) is 5.50. The van der Waals surface area contributed by atoms with Gasteiger partial charge in [-0.15, -0.1) is 0 Å². The summed E-state index contributed by atoms with van der Waals surface area (Å²) in [5, 5.41) is 1.93. The van der Waals surface area contributed by atoms with Crippen LogP contribution in [0.3, 0.4) is 0 Å². The van der Waals surface area contributed by atoms with E-state index in [9.17, 15) is 4.39 Å². The molecule has 0 amide bonds. The number of pyridine rings is 1. The highest BCUT2D eigenvalue weighted by molar-refractivity contribution is 6.30. The largest absolute Gasteiger partial charge is 0.287 e. The van der Waals surface area contributed by atoms with Crippen molar-refractivity contribution in [3.63, 3.8) is 0 Å². The summed E-state index contributed by atoms with van der Waals surface area (Å²) in [4.78, 5) is 11.8. The first-order valence-corrected chi connectivity index (χ1v) is 6.25. The maximum Gasteiger partial charge on any atom is 0.225 e. The van der Waals surface area contributed by atoms with Crippen LogP contribution in [-0.4, -0.2) is 28.0 Å². The molecule has 0 fully saturated rings. The Balaban J connectivity index is 2.23. The van der Waals surface area contributed by atoms with E-state index in [0.717, 1.165) is 0 Å². The molecule has 1 N–H and O–H groups in total. The molecule has 0 spiro atoms. The summed E-state index contributed by atoms with van der Waals surface area (Å²) in [6.07, 6.45) is 5.39. The Morgan fingerprint density at radius 3 is 2.84 bits per heavy atom. The van der Waals surface area contributed by atoms with Gasteiger partial charge in [-0.05, 0) is 11.6 Å². The van der Waals surface area contributed by atoms with Crippen LogP contribution >= 0.6 is 23.2 Å². The molecular formula is C11H8Cl2FN5. The van der Waals surface area contributed by atoms with Crippen LogP contribution in [0.25, 0.3) is 10.9 Å². The monoisotopic (exact) mass is 299 g/mol. The Morgan fingerprint density at radius 2 is 2.11 bits per heavy atom. The van der Waals surface area contributed by atoms with Crippen molar-refractivity contribution in [1.82, 2.24) is 20.4 Å². The summed E-state index contributed by atoms with van der Waals surface area (Å²) in [5.74, 6) is -0.223. The number of hydrazine groups is 1. The molecule has 0 unspecified atom stereocenters. The van der Waals surface area contributed by atoms with Crippen LogP contribution in [0, 0.1) is 5.82 Å². The van der Waals surface area contributed by atoms with E-state index in [1.165, 1.54) is 6.20 Å². The average Bonchev–Trinajstić information content (AvgIpc) is 2.44. The van der Waals surface area contributed by atoms with Crippen LogP contribution in [0.5, 0.6) is 0 Å². The van der Waals surface area contributed by atoms with Gasteiger partial charge in [-0.1, -0.05) is 23.8 Å². The van der Waals surface area contributed by atoms with E-state index >= 15 is 0 Å². The average molecular weight is 300 g/mol. The van der Waals surface area contributed by atoms with Gasteiger partial charge in [-0.2, -0.15) is 4.98 Å². The number of nitrogens with one attached hydrogen (secondary N) is 1. The van der Waals surface area contributed by atoms with Crippen LogP contribution in [0.2, 0.25) is 10.4 Å². The first kappa shape index (κ1) is 12.5. The molecule has 0 aromatic carbocycles. The van der Waals surface area contributed by atoms with Gasteiger partial charge in [0.25, 0.3) is 0 Å². The van der Waals surface area contributed by atoms with E-state index in [1.807, 2.05) is 12.2 Å². The van der Waals surface area contributed by atoms with E-state index in [0.29, 0.717) is 24.3 Å². The van der Waals surface area contributed by atoms with Crippen molar-refractivity contribution in [2.45, 2.75) is 0 Å². The number of nitrogens with zero attached hydrogens (tertiary/aromatic N) is 4. The number of halogens is 3. The molecule has 1 aliphatic heterocycles. The molecule has 0 aliphatic carbocycles. The van der Waals surface area contributed by atoms with Crippen LogP contribution in [0.1, 0.15) is 0 Å². The van der Waals surface area contributed by atoms with E-state index in [4.69, 9.17) is 23.2 Å². The van der Waals surface area contributed by atoms with E-state index in [-0.39, 0.29) is 16.0 Å². The predicted octanol–water partition coefficient (Wildman–Crippen LogP) is 2.35. The zero-order valence-corrected chi connectivity index (χ0v) is 11.1. The third-order valence-electron chi connectivity index (χ3n) is 2.70. The number of hydrogen-bond donors (Lipinski definition) is 1. The van der Waals surface area contributed by atoms with Crippen LogP contribution in [0.15, 0.2) is 18.3 Å². The van der Waals surface area contributed by atoms with Crippen molar-refractivity contribution in [2.24, 2.45) is 0 Å². The molecule has 0 radical (unpaired) electrons. The lowest BCUT2D eigenvalue weighted by molar-refractivity contribution is 0.630. The van der Waals surface area contributed by atoms with Crippen LogP contribution in [0.4, 0.5) is 10.2 Å². The maximum atomic E-state index is 13.9. The molecule has 0 saturated carbocycles. The molecule has 3 rings (SSSR count). The Bertz CT molecular complexity index is 676. The maximum absolute atomic E-state index is 13.9. The molecule has 5 nitrogen and oxygen atoms in total. The molecule has 2 aromatic heterocycles. The normalized spacial score (nSPS) is 15.2. The lowest BCUT2D eigenvalue weighted by Gasteiger charge is -2.26. The highest BCUT2D eigenvalue weighted by Gasteiger charge is 2.18. The van der Waals surface area contributed by atoms with Gasteiger partial charge in [-0.3, -0.25) is 5.01 Å². The van der Waals surface area contributed by atoms with Gasteiger partial charge >= 0.3 is 0 Å². The Labute approximate surface area is 118 Å². The van der Waals surface area contributed by atoms with E-state index in [2.05, 4.69) is 20.4 Å². The minimum atomic E-state index is -0.697. The summed E-state index contributed by atoms with van der Waals surface area (Å²) >= 11 is 11.5. The predicted molar refractivity (Wildman–Crippen MR) is 71.8 cm³/mol. The van der Waals surface area contributed by atoms with Crippen molar-refractivity contribution in [1.29, 1.82) is 0 Å². The quantitative estimate of drug-likeness (QED) is 0.498. The Morgan fingerprint density at radius 1 is 1.26 bits per heavy atom. The Kier molecular flexibility index (Phi) is 3.22. The fourth-order valence-corrected chi connectivity index (χ4v) is 2.15. The number of rotatable bonds is 1. The molecule has 98 valence electrons. The topological polar surface area (TPSA) is 53.9 Å². The molecule has 8 heteroatoms. The zero-order valence-electron chi connectivity index (χ0n) is 9.57. The molecular weight excluding hydrogens is 292 g/mol. The molecule has 3 heterocycles. The van der Waals surface area contributed by atoms with Crippen LogP contribution < -0.4 is 10.4 Å². The lowest BCUT2D eigenvalue weighted by Crippen LogP contribution is -2.41. The van der Waals surface area contributed by atoms with Gasteiger partial charge in [0.15, 0.2) is 16.8 Å². The van der Waals surface area contributed by atoms with Gasteiger partial charge in [0, 0.05) is 12.7 Å². The van der Waals surface area contributed by atoms with Gasteiger partial charge in [0.2, 0.25) is 5.28 Å². The molecule has 0 atom stereocenters. The number of fused-ring (bicyclic) bond motifs is 1. The smallest absolute Gasteiger partial charge is 0.225 e. The van der Waals surface area contributed by atoms with Gasteiger partial charge in [0.1, 0.15) is 5.52 Å². The third-order valence-corrected chi connectivity index (χ3v) is 3.14. The molecule has 2 aromatic rings. The molecule has 0 saturated heterocycles. The summed E-state index contributed by atoms with van der Waals surface area (Å²) in [7, 11) is 0. The number of aromatic nitrogens is 3. The highest BCUT2D eigenvalue weighted by atomic mass is 35.5. The standard InChI is InChI=1S/C11H8Cl2FN5/c12-9-7(14)8-6(5-15-9)10(18-11(13)17-8)19-4-2-1-3-16-19/h1-2,5,16H,3-4H2. The second-order valence-electron chi connectivity index (χ2n) is 3.89. The van der Waals surface area contributed by atoms with Crippen molar-refractivity contribution < 1.29 is 4.39 Å². The second-order valence-corrected chi connectivity index (χ2v) is 4.58. The molecule has 0 bridgehead atoms. The summed E-state index contributed by atoms with van der Waals surface area (Å²) in [5.41, 5.74) is 3.16. The van der Waals surface area contributed by atoms with Crippen molar-refractivity contribution >= 4 is 39.9 Å². The van der Waals surface area contributed by atoms with Crippen LogP contribution in [-0.2, 0) is 0 Å². The molecule has 1 aliphatic rings. The second kappa shape index (κ2) is 4.88. The zero-order chi connectivity index (χ0) is 13.4. The minimum Gasteiger partial charge on any atom is -0.287 e. The van der Waals surface area contributed by atoms with Gasteiger partial charge in [0.05, 0.1) is 11.9 Å². The fraction of sp³-hybridized carbons (Fsp3) is 0.182. The third kappa shape index (κ3) is 2.22. The minimum absolute atomic E-state index is 0.0416. The van der Waals surface area contributed by atoms with Crippen molar-refractivity contribution in [2.75, 3.05) is 18.1 Å². The van der Waals surface area contributed by atoms with Crippen molar-refractivity contribution in [3.8, 4) is 0 Å². The highest BCUT2D eigenvalue weighted by Crippen LogP contribution is 2.28. The first-order chi connectivity index (χ1) is 9.16. The number of hydrogen-bond acceptors (Lipinski definition) is 5. The SMILES string of the molecule is Fc1c(Cl)ncc2c(N3CC=CCN3)nc(Cl)nc12. The summed E-state index contributed by atoms with van der Waals surface area (Å²) in [6, 6.07) is 0. The summed E-state index contributed by atoms with van der Waals surface area (Å²) < 4.78 is 13.9. The number of anilines is 1. The van der Waals surface area contributed by atoms with E-state index in [1.54, 1.807) is 5.01 Å². The van der Waals surface area contributed by atoms with Crippen molar-refractivity contribution in [3.05, 3.63) is 34.6 Å².